The second-order valence-electron chi connectivity index (χ2n) is 4.74. The molecule has 17 heavy (non-hydrogen) atoms. The number of carbonyl (C=O) groups excluding carboxylic acids is 1. The van der Waals surface area contributed by atoms with Gasteiger partial charge < -0.3 is 0 Å². The van der Waals surface area contributed by atoms with Crippen LogP contribution in [-0.2, 0) is 10.2 Å². The third kappa shape index (κ3) is 2.30. The molecule has 90 valence electrons. The lowest BCUT2D eigenvalue weighted by Crippen LogP contribution is -2.32. The lowest BCUT2D eigenvalue weighted by molar-refractivity contribution is -0.115. The lowest BCUT2D eigenvalue weighted by Gasteiger charge is -2.31. The fraction of sp³-hybridized carbons (Fsp3) is 0.400. The molecule has 0 fully saturated rings. The van der Waals surface area contributed by atoms with Crippen molar-refractivity contribution in [3.8, 4) is 0 Å². The molecule has 1 aromatic carbocycles. The van der Waals surface area contributed by atoms with Crippen molar-refractivity contribution >= 4 is 16.8 Å². The van der Waals surface area contributed by atoms with Gasteiger partial charge >= 0.3 is 0 Å². The monoisotopic (exact) mass is 248 g/mol. The molecular weight excluding hydrogens is 232 g/mol. The van der Waals surface area contributed by atoms with Crippen molar-refractivity contribution in [3.63, 3.8) is 0 Å². The normalized spacial score (nSPS) is 19.3. The van der Waals surface area contributed by atoms with Crippen LogP contribution >= 0.6 is 11.6 Å². The molecule has 0 saturated heterocycles. The summed E-state index contributed by atoms with van der Waals surface area (Å²) in [4.78, 5) is 11.9. The van der Waals surface area contributed by atoms with Crippen molar-refractivity contribution in [3.05, 3.63) is 47.5 Å². The van der Waals surface area contributed by atoms with Crippen molar-refractivity contribution in [2.24, 2.45) is 0 Å². The number of carbonyl (C=O) groups is 1. The van der Waals surface area contributed by atoms with Gasteiger partial charge in [0.05, 0.1) is 5.41 Å². The van der Waals surface area contributed by atoms with E-state index in [-0.39, 0.29) is 5.24 Å². The van der Waals surface area contributed by atoms with E-state index in [1.165, 1.54) is 12.0 Å². The van der Waals surface area contributed by atoms with Crippen LogP contribution in [0.15, 0.2) is 42.0 Å². The van der Waals surface area contributed by atoms with Crippen LogP contribution in [0.4, 0.5) is 0 Å². The zero-order valence-electron chi connectivity index (χ0n) is 10.1. The second-order valence-corrected chi connectivity index (χ2v) is 5.08. The summed E-state index contributed by atoms with van der Waals surface area (Å²) >= 11 is 5.87. The molecule has 1 aromatic rings. The molecule has 1 atom stereocenters. The van der Waals surface area contributed by atoms with Gasteiger partial charge in [-0.1, -0.05) is 42.0 Å². The Morgan fingerprint density at radius 1 is 1.24 bits per heavy atom. The minimum Gasteiger partial charge on any atom is -0.280 e. The number of halogens is 1. The van der Waals surface area contributed by atoms with Crippen LogP contribution in [-0.4, -0.2) is 5.24 Å². The van der Waals surface area contributed by atoms with E-state index in [0.717, 1.165) is 24.8 Å². The summed E-state index contributed by atoms with van der Waals surface area (Å²) in [5.41, 5.74) is 1.52. The van der Waals surface area contributed by atoms with Gasteiger partial charge in [0.2, 0.25) is 5.24 Å². The van der Waals surface area contributed by atoms with E-state index in [4.69, 9.17) is 11.6 Å². The summed E-state index contributed by atoms with van der Waals surface area (Å²) in [6.45, 7) is 1.94. The highest BCUT2D eigenvalue weighted by molar-refractivity contribution is 6.66. The lowest BCUT2D eigenvalue weighted by atomic mass is 9.73. The molecule has 0 saturated carbocycles. The SMILES string of the molecule is CC(C(=O)Cl)(C1=CCCCC1)c1ccccc1. The Bertz CT molecular complexity index is 435. The largest absolute Gasteiger partial charge is 0.280 e. The summed E-state index contributed by atoms with van der Waals surface area (Å²) in [6.07, 6.45) is 6.59. The molecule has 0 aliphatic heterocycles. The molecule has 0 bridgehead atoms. The molecule has 1 aliphatic carbocycles. The van der Waals surface area contributed by atoms with Crippen LogP contribution < -0.4 is 0 Å². The molecule has 1 aliphatic rings. The van der Waals surface area contributed by atoms with Crippen LogP contribution in [0.5, 0.6) is 0 Å². The van der Waals surface area contributed by atoms with Gasteiger partial charge in [0.1, 0.15) is 0 Å². The van der Waals surface area contributed by atoms with E-state index in [0.29, 0.717) is 0 Å². The summed E-state index contributed by atoms with van der Waals surface area (Å²) in [6, 6.07) is 9.83. The predicted octanol–water partition coefficient (Wildman–Crippen LogP) is 4.21. The average molecular weight is 249 g/mol. The van der Waals surface area contributed by atoms with E-state index >= 15 is 0 Å². The van der Waals surface area contributed by atoms with E-state index in [2.05, 4.69) is 6.08 Å². The molecule has 0 spiro atoms. The Morgan fingerprint density at radius 3 is 2.47 bits per heavy atom. The van der Waals surface area contributed by atoms with Gasteiger partial charge in [0, 0.05) is 0 Å². The van der Waals surface area contributed by atoms with Crippen molar-refractivity contribution in [1.82, 2.24) is 0 Å². The van der Waals surface area contributed by atoms with Gasteiger partial charge in [-0.15, -0.1) is 0 Å². The summed E-state index contributed by atoms with van der Waals surface area (Å²) in [7, 11) is 0. The number of hydrogen-bond donors (Lipinski definition) is 0. The van der Waals surface area contributed by atoms with E-state index in [1.807, 2.05) is 37.3 Å². The zero-order valence-corrected chi connectivity index (χ0v) is 10.8. The maximum atomic E-state index is 11.9. The topological polar surface area (TPSA) is 17.1 Å². The predicted molar refractivity (Wildman–Crippen MR) is 71.2 cm³/mol. The van der Waals surface area contributed by atoms with Crippen molar-refractivity contribution < 1.29 is 4.79 Å². The molecule has 0 amide bonds. The summed E-state index contributed by atoms with van der Waals surface area (Å²) in [5.74, 6) is 0. The fourth-order valence-electron chi connectivity index (χ4n) is 2.49. The fourth-order valence-corrected chi connectivity index (χ4v) is 2.72. The van der Waals surface area contributed by atoms with Crippen molar-refractivity contribution in [1.29, 1.82) is 0 Å². The van der Waals surface area contributed by atoms with Crippen molar-refractivity contribution in [2.75, 3.05) is 0 Å². The van der Waals surface area contributed by atoms with Crippen LogP contribution in [0.2, 0.25) is 0 Å². The third-order valence-corrected chi connectivity index (χ3v) is 4.06. The van der Waals surface area contributed by atoms with Gasteiger partial charge in [-0.3, -0.25) is 4.79 Å². The molecule has 2 rings (SSSR count). The first-order valence-electron chi connectivity index (χ1n) is 6.10. The molecule has 1 nitrogen and oxygen atoms in total. The maximum Gasteiger partial charge on any atom is 0.236 e. The maximum absolute atomic E-state index is 11.9. The number of hydrogen-bond acceptors (Lipinski definition) is 1. The average Bonchev–Trinajstić information content (AvgIpc) is 2.39. The minimum atomic E-state index is -0.650. The first-order chi connectivity index (χ1) is 8.15. The van der Waals surface area contributed by atoms with Gasteiger partial charge in [0.15, 0.2) is 0 Å². The molecule has 0 heterocycles. The Labute approximate surface area is 107 Å². The highest BCUT2D eigenvalue weighted by atomic mass is 35.5. The van der Waals surface area contributed by atoms with Gasteiger partial charge in [0.25, 0.3) is 0 Å². The zero-order chi connectivity index (χ0) is 12.3. The van der Waals surface area contributed by atoms with Gasteiger partial charge in [-0.25, -0.2) is 0 Å². The van der Waals surface area contributed by atoms with Crippen LogP contribution in [0, 0.1) is 0 Å². The Hall–Kier alpha value is -1.08. The molecular formula is C15H17ClO. The number of benzene rings is 1. The van der Waals surface area contributed by atoms with Crippen LogP contribution in [0.3, 0.4) is 0 Å². The van der Waals surface area contributed by atoms with Crippen LogP contribution in [0.1, 0.15) is 38.2 Å². The molecule has 0 radical (unpaired) electrons. The number of rotatable bonds is 3. The summed E-state index contributed by atoms with van der Waals surface area (Å²) < 4.78 is 0. The van der Waals surface area contributed by atoms with Crippen LogP contribution in [0.25, 0.3) is 0 Å². The molecule has 0 N–H and O–H groups in total. The summed E-state index contributed by atoms with van der Waals surface area (Å²) in [5, 5.41) is -0.281. The standard InChI is InChI=1S/C15H17ClO/c1-15(14(16)17,12-8-4-2-5-9-12)13-10-6-3-7-11-13/h2,4-5,8-10H,3,6-7,11H2,1H3. The smallest absolute Gasteiger partial charge is 0.236 e. The van der Waals surface area contributed by atoms with E-state index < -0.39 is 5.41 Å². The number of allylic oxidation sites excluding steroid dienone is 2. The molecule has 1 unspecified atom stereocenters. The van der Waals surface area contributed by atoms with Gasteiger partial charge in [-0.05, 0) is 49.8 Å². The Morgan fingerprint density at radius 2 is 1.94 bits per heavy atom. The first-order valence-corrected chi connectivity index (χ1v) is 6.48. The Balaban J connectivity index is 2.46. The first kappa shape index (κ1) is 12.4. The molecule has 2 heteroatoms. The Kier molecular flexibility index (Phi) is 3.68. The highest BCUT2D eigenvalue weighted by Crippen LogP contribution is 2.39. The second kappa shape index (κ2) is 5.05. The molecule has 0 aromatic heterocycles. The quantitative estimate of drug-likeness (QED) is 0.579. The van der Waals surface area contributed by atoms with Crippen molar-refractivity contribution in [2.45, 2.75) is 38.0 Å². The van der Waals surface area contributed by atoms with E-state index in [9.17, 15) is 4.79 Å². The van der Waals surface area contributed by atoms with E-state index in [1.54, 1.807) is 0 Å². The van der Waals surface area contributed by atoms with Gasteiger partial charge in [-0.2, -0.15) is 0 Å². The highest BCUT2D eigenvalue weighted by Gasteiger charge is 2.37. The third-order valence-electron chi connectivity index (χ3n) is 3.68. The minimum absolute atomic E-state index is 0.281.